The number of rotatable bonds is 5. The predicted octanol–water partition coefficient (Wildman–Crippen LogP) is 1.95. The average molecular weight is 182 g/mol. The molecule has 1 rings (SSSR count). The quantitative estimate of drug-likeness (QED) is 0.707. The number of hydrogen-bond acceptors (Lipinski definition) is 3. The molecule has 1 N–H and O–H groups in total. The summed E-state index contributed by atoms with van der Waals surface area (Å²) in [4.78, 5) is 4.21. The van der Waals surface area contributed by atoms with E-state index in [4.69, 9.17) is 4.42 Å². The van der Waals surface area contributed by atoms with Crippen molar-refractivity contribution in [3.05, 3.63) is 17.8 Å². The molecule has 74 valence electrons. The van der Waals surface area contributed by atoms with Crippen LogP contribution in [-0.4, -0.2) is 18.6 Å². The van der Waals surface area contributed by atoms with Gasteiger partial charge in [0.2, 0.25) is 0 Å². The molecule has 0 radical (unpaired) electrons. The maximum atomic E-state index is 5.55. The van der Waals surface area contributed by atoms with Crippen LogP contribution in [0.4, 0.5) is 0 Å². The van der Waals surface area contributed by atoms with Gasteiger partial charge in [-0.3, -0.25) is 0 Å². The van der Waals surface area contributed by atoms with Crippen LogP contribution in [-0.2, 0) is 6.42 Å². The van der Waals surface area contributed by atoms with E-state index in [2.05, 4.69) is 24.1 Å². The molecule has 0 spiro atoms. The summed E-state index contributed by atoms with van der Waals surface area (Å²) < 4.78 is 5.55. The summed E-state index contributed by atoms with van der Waals surface area (Å²) in [5, 5.41) is 3.11. The van der Waals surface area contributed by atoms with Gasteiger partial charge in [-0.15, -0.1) is 0 Å². The largest absolute Gasteiger partial charge is 0.445 e. The van der Waals surface area contributed by atoms with Crippen molar-refractivity contribution in [2.45, 2.75) is 32.6 Å². The fraction of sp³-hybridized carbons (Fsp3) is 0.700. The van der Waals surface area contributed by atoms with Crippen LogP contribution in [0.15, 0.2) is 10.6 Å². The van der Waals surface area contributed by atoms with Crippen LogP contribution in [0.1, 0.15) is 37.8 Å². The van der Waals surface area contributed by atoms with Crippen LogP contribution in [0.2, 0.25) is 0 Å². The molecule has 0 unspecified atom stereocenters. The van der Waals surface area contributed by atoms with Gasteiger partial charge in [-0.1, -0.05) is 13.8 Å². The fourth-order valence-electron chi connectivity index (χ4n) is 1.14. The normalized spacial score (nSPS) is 11.1. The van der Waals surface area contributed by atoms with E-state index < -0.39 is 0 Å². The third-order valence-electron chi connectivity index (χ3n) is 1.92. The minimum Gasteiger partial charge on any atom is -0.445 e. The zero-order chi connectivity index (χ0) is 9.68. The molecule has 0 saturated carbocycles. The molecule has 3 nitrogen and oxygen atoms in total. The van der Waals surface area contributed by atoms with Gasteiger partial charge in [0.15, 0.2) is 5.89 Å². The third-order valence-corrected chi connectivity index (χ3v) is 1.92. The second-order valence-electron chi connectivity index (χ2n) is 3.53. The topological polar surface area (TPSA) is 38.1 Å². The lowest BCUT2D eigenvalue weighted by atomic mass is 10.2. The van der Waals surface area contributed by atoms with Crippen LogP contribution in [0.3, 0.4) is 0 Å². The van der Waals surface area contributed by atoms with E-state index in [9.17, 15) is 0 Å². The Bertz CT molecular complexity index is 243. The second kappa shape index (κ2) is 5.02. The predicted molar refractivity (Wildman–Crippen MR) is 52.8 cm³/mol. The Morgan fingerprint density at radius 3 is 2.85 bits per heavy atom. The average Bonchev–Trinajstić information content (AvgIpc) is 2.53. The molecule has 0 bridgehead atoms. The first-order chi connectivity index (χ1) is 6.24. The van der Waals surface area contributed by atoms with Gasteiger partial charge in [0.25, 0.3) is 0 Å². The molecule has 0 aliphatic carbocycles. The van der Waals surface area contributed by atoms with Crippen LogP contribution in [0.25, 0.3) is 0 Å². The van der Waals surface area contributed by atoms with E-state index in [0.29, 0.717) is 5.92 Å². The number of nitrogens with one attached hydrogen (secondary N) is 1. The third kappa shape index (κ3) is 3.19. The van der Waals surface area contributed by atoms with Crippen molar-refractivity contribution in [2.24, 2.45) is 0 Å². The summed E-state index contributed by atoms with van der Waals surface area (Å²) >= 11 is 0. The molecule has 0 aliphatic rings. The SMILES string of the molecule is CNCCCc1cnc(C(C)C)o1. The molecule has 0 atom stereocenters. The first-order valence-corrected chi connectivity index (χ1v) is 4.83. The van der Waals surface area contributed by atoms with Crippen LogP contribution >= 0.6 is 0 Å². The maximum absolute atomic E-state index is 5.55. The van der Waals surface area contributed by atoms with E-state index in [0.717, 1.165) is 31.0 Å². The Balaban J connectivity index is 2.40. The van der Waals surface area contributed by atoms with E-state index in [1.54, 1.807) is 0 Å². The first kappa shape index (κ1) is 10.3. The number of oxazole rings is 1. The Morgan fingerprint density at radius 2 is 2.31 bits per heavy atom. The van der Waals surface area contributed by atoms with E-state index >= 15 is 0 Å². The van der Waals surface area contributed by atoms with Crippen LogP contribution < -0.4 is 5.32 Å². The van der Waals surface area contributed by atoms with Gasteiger partial charge in [-0.25, -0.2) is 4.98 Å². The highest BCUT2D eigenvalue weighted by molar-refractivity contribution is 4.97. The van der Waals surface area contributed by atoms with Gasteiger partial charge in [0.05, 0.1) is 6.20 Å². The van der Waals surface area contributed by atoms with Crippen LogP contribution in [0.5, 0.6) is 0 Å². The molecule has 3 heteroatoms. The van der Waals surface area contributed by atoms with Crippen molar-refractivity contribution < 1.29 is 4.42 Å². The van der Waals surface area contributed by atoms with Gasteiger partial charge in [0.1, 0.15) is 5.76 Å². The molecule has 13 heavy (non-hydrogen) atoms. The molecule has 0 saturated heterocycles. The summed E-state index contributed by atoms with van der Waals surface area (Å²) in [6, 6.07) is 0. The number of aromatic nitrogens is 1. The monoisotopic (exact) mass is 182 g/mol. The number of nitrogens with zero attached hydrogens (tertiary/aromatic N) is 1. The van der Waals surface area contributed by atoms with E-state index in [1.165, 1.54) is 0 Å². The lowest BCUT2D eigenvalue weighted by Crippen LogP contribution is -2.08. The van der Waals surface area contributed by atoms with Crippen molar-refractivity contribution in [1.29, 1.82) is 0 Å². The summed E-state index contributed by atoms with van der Waals surface area (Å²) in [6.45, 7) is 5.20. The van der Waals surface area contributed by atoms with Gasteiger partial charge < -0.3 is 9.73 Å². The molecule has 0 aliphatic heterocycles. The van der Waals surface area contributed by atoms with Crippen molar-refractivity contribution in [1.82, 2.24) is 10.3 Å². The smallest absolute Gasteiger partial charge is 0.196 e. The molecular formula is C10H18N2O. The second-order valence-corrected chi connectivity index (χ2v) is 3.53. The highest BCUT2D eigenvalue weighted by atomic mass is 16.4. The highest BCUT2D eigenvalue weighted by Gasteiger charge is 2.06. The lowest BCUT2D eigenvalue weighted by molar-refractivity contribution is 0.431. The molecule has 1 aromatic heterocycles. The summed E-state index contributed by atoms with van der Waals surface area (Å²) in [5.41, 5.74) is 0. The van der Waals surface area contributed by atoms with Crippen molar-refractivity contribution in [3.8, 4) is 0 Å². The molecule has 0 amide bonds. The Labute approximate surface area is 79.5 Å². The van der Waals surface area contributed by atoms with Gasteiger partial charge in [-0.2, -0.15) is 0 Å². The van der Waals surface area contributed by atoms with E-state index in [1.807, 2.05) is 13.2 Å². The summed E-state index contributed by atoms with van der Waals surface area (Å²) in [6.07, 6.45) is 3.91. The summed E-state index contributed by atoms with van der Waals surface area (Å²) in [5.74, 6) is 2.23. The van der Waals surface area contributed by atoms with Crippen molar-refractivity contribution in [2.75, 3.05) is 13.6 Å². The molecule has 0 fully saturated rings. The van der Waals surface area contributed by atoms with Crippen LogP contribution in [0, 0.1) is 0 Å². The van der Waals surface area contributed by atoms with E-state index in [-0.39, 0.29) is 0 Å². The standard InChI is InChI=1S/C10H18N2O/c1-8(2)10-12-7-9(13-10)5-4-6-11-3/h7-8,11H,4-6H2,1-3H3. The minimum atomic E-state index is 0.387. The Morgan fingerprint density at radius 1 is 1.54 bits per heavy atom. The summed E-state index contributed by atoms with van der Waals surface area (Å²) in [7, 11) is 1.96. The Kier molecular flexibility index (Phi) is 3.96. The van der Waals surface area contributed by atoms with Gasteiger partial charge >= 0.3 is 0 Å². The Hall–Kier alpha value is -0.830. The first-order valence-electron chi connectivity index (χ1n) is 4.83. The molecule has 0 aromatic carbocycles. The van der Waals surface area contributed by atoms with Gasteiger partial charge in [-0.05, 0) is 20.0 Å². The zero-order valence-electron chi connectivity index (χ0n) is 8.63. The maximum Gasteiger partial charge on any atom is 0.196 e. The lowest BCUT2D eigenvalue weighted by Gasteiger charge is -1.97. The molecule has 1 aromatic rings. The minimum absolute atomic E-state index is 0.387. The number of hydrogen-bond donors (Lipinski definition) is 1. The van der Waals surface area contributed by atoms with Gasteiger partial charge in [0, 0.05) is 12.3 Å². The number of aryl methyl sites for hydroxylation is 1. The molecular weight excluding hydrogens is 164 g/mol. The molecule has 1 heterocycles. The fourth-order valence-corrected chi connectivity index (χ4v) is 1.14. The zero-order valence-corrected chi connectivity index (χ0v) is 8.63. The van der Waals surface area contributed by atoms with Crippen molar-refractivity contribution in [3.63, 3.8) is 0 Å². The van der Waals surface area contributed by atoms with Crippen molar-refractivity contribution >= 4 is 0 Å². The highest BCUT2D eigenvalue weighted by Crippen LogP contribution is 2.14.